The summed E-state index contributed by atoms with van der Waals surface area (Å²) in [6, 6.07) is 2.20. The van der Waals surface area contributed by atoms with Crippen molar-refractivity contribution in [3.63, 3.8) is 0 Å². The summed E-state index contributed by atoms with van der Waals surface area (Å²) in [6.07, 6.45) is 9.62. The SMILES string of the molecule is CC([C@@H]1CCC(=O)C1)n1cc(-c2ncnc3[nH]ccc23)cn1. The van der Waals surface area contributed by atoms with E-state index in [1.54, 1.807) is 6.33 Å². The van der Waals surface area contributed by atoms with Crippen LogP contribution in [0.1, 0.15) is 32.2 Å². The number of hydrogen-bond acceptors (Lipinski definition) is 4. The summed E-state index contributed by atoms with van der Waals surface area (Å²) in [7, 11) is 0. The second-order valence-corrected chi connectivity index (χ2v) is 5.95. The average Bonchev–Trinajstić information content (AvgIpc) is 3.26. The molecule has 0 saturated heterocycles. The average molecular weight is 295 g/mol. The topological polar surface area (TPSA) is 76.5 Å². The highest BCUT2D eigenvalue weighted by atomic mass is 16.1. The number of hydrogen-bond donors (Lipinski definition) is 1. The maximum Gasteiger partial charge on any atom is 0.141 e. The third-order valence-corrected chi connectivity index (χ3v) is 4.61. The van der Waals surface area contributed by atoms with Gasteiger partial charge in [0.2, 0.25) is 0 Å². The van der Waals surface area contributed by atoms with Crippen molar-refractivity contribution in [2.75, 3.05) is 0 Å². The number of carbonyl (C=O) groups is 1. The first-order chi connectivity index (χ1) is 10.7. The van der Waals surface area contributed by atoms with Gasteiger partial charge in [-0.1, -0.05) is 0 Å². The molecule has 1 N–H and O–H groups in total. The van der Waals surface area contributed by atoms with Gasteiger partial charge in [-0.15, -0.1) is 0 Å². The molecule has 1 aliphatic rings. The minimum atomic E-state index is 0.226. The third-order valence-electron chi connectivity index (χ3n) is 4.61. The first kappa shape index (κ1) is 13.2. The van der Waals surface area contributed by atoms with Gasteiger partial charge < -0.3 is 4.98 Å². The molecule has 112 valence electrons. The Bertz CT molecular complexity index is 834. The van der Waals surface area contributed by atoms with E-state index in [-0.39, 0.29) is 6.04 Å². The lowest BCUT2D eigenvalue weighted by Crippen LogP contribution is -2.14. The fourth-order valence-electron chi connectivity index (χ4n) is 3.26. The van der Waals surface area contributed by atoms with Crippen LogP contribution in [0.4, 0.5) is 0 Å². The predicted octanol–water partition coefficient (Wildman–Crippen LogP) is 2.75. The van der Waals surface area contributed by atoms with Crippen LogP contribution in [0.2, 0.25) is 0 Å². The molecule has 1 aliphatic carbocycles. The number of nitrogens with zero attached hydrogens (tertiary/aromatic N) is 4. The molecule has 1 fully saturated rings. The Hall–Kier alpha value is -2.50. The number of aromatic amines is 1. The molecule has 6 heteroatoms. The van der Waals surface area contributed by atoms with E-state index in [1.807, 2.05) is 29.3 Å². The normalized spacial score (nSPS) is 19.9. The van der Waals surface area contributed by atoms with Gasteiger partial charge >= 0.3 is 0 Å². The Labute approximate surface area is 127 Å². The Kier molecular flexibility index (Phi) is 3.03. The molecule has 0 radical (unpaired) electrons. The molecule has 1 unspecified atom stereocenters. The fourth-order valence-corrected chi connectivity index (χ4v) is 3.26. The van der Waals surface area contributed by atoms with E-state index in [0.717, 1.165) is 28.7 Å². The summed E-state index contributed by atoms with van der Waals surface area (Å²) in [6.45, 7) is 2.13. The molecule has 0 aliphatic heterocycles. The van der Waals surface area contributed by atoms with Crippen LogP contribution >= 0.6 is 0 Å². The van der Waals surface area contributed by atoms with Crippen LogP contribution < -0.4 is 0 Å². The highest BCUT2D eigenvalue weighted by Gasteiger charge is 2.28. The minimum absolute atomic E-state index is 0.226. The molecule has 2 atom stereocenters. The lowest BCUT2D eigenvalue weighted by Gasteiger charge is -2.18. The Morgan fingerprint density at radius 1 is 1.41 bits per heavy atom. The maximum absolute atomic E-state index is 11.5. The van der Waals surface area contributed by atoms with E-state index in [9.17, 15) is 4.79 Å². The molecule has 0 aromatic carbocycles. The van der Waals surface area contributed by atoms with Gasteiger partial charge in [0.15, 0.2) is 0 Å². The zero-order valence-electron chi connectivity index (χ0n) is 12.4. The smallest absolute Gasteiger partial charge is 0.141 e. The van der Waals surface area contributed by atoms with Crippen molar-refractivity contribution in [2.24, 2.45) is 5.92 Å². The summed E-state index contributed by atoms with van der Waals surface area (Å²) < 4.78 is 1.96. The number of aromatic nitrogens is 5. The van der Waals surface area contributed by atoms with Crippen LogP contribution in [0, 0.1) is 5.92 Å². The van der Waals surface area contributed by atoms with Crippen molar-refractivity contribution in [1.82, 2.24) is 24.7 Å². The van der Waals surface area contributed by atoms with E-state index in [1.165, 1.54) is 0 Å². The number of Topliss-reactive ketones (excluding diaryl/α,β-unsaturated/α-hetero) is 1. The second-order valence-electron chi connectivity index (χ2n) is 5.95. The van der Waals surface area contributed by atoms with Crippen LogP contribution in [-0.4, -0.2) is 30.5 Å². The molecule has 4 rings (SSSR count). The van der Waals surface area contributed by atoms with Crippen LogP contribution in [0.5, 0.6) is 0 Å². The van der Waals surface area contributed by atoms with E-state index >= 15 is 0 Å². The van der Waals surface area contributed by atoms with Gasteiger partial charge in [-0.2, -0.15) is 5.10 Å². The molecular weight excluding hydrogens is 278 g/mol. The van der Waals surface area contributed by atoms with Crippen molar-refractivity contribution >= 4 is 16.8 Å². The van der Waals surface area contributed by atoms with Crippen molar-refractivity contribution < 1.29 is 4.79 Å². The molecule has 6 nitrogen and oxygen atoms in total. The molecule has 0 amide bonds. The first-order valence-electron chi connectivity index (χ1n) is 7.56. The summed E-state index contributed by atoms with van der Waals surface area (Å²) in [5, 5.41) is 5.48. The quantitative estimate of drug-likeness (QED) is 0.806. The van der Waals surface area contributed by atoms with Gasteiger partial charge in [0.25, 0.3) is 0 Å². The van der Waals surface area contributed by atoms with Gasteiger partial charge in [-0.05, 0) is 25.3 Å². The highest BCUT2D eigenvalue weighted by Crippen LogP contribution is 2.33. The molecule has 3 aromatic rings. The third kappa shape index (κ3) is 2.11. The molecule has 0 spiro atoms. The number of carbonyl (C=O) groups excluding carboxylic acids is 1. The van der Waals surface area contributed by atoms with Crippen LogP contribution in [0.25, 0.3) is 22.3 Å². The van der Waals surface area contributed by atoms with Crippen molar-refractivity contribution in [3.05, 3.63) is 31.0 Å². The zero-order chi connectivity index (χ0) is 15.1. The summed E-state index contributed by atoms with van der Waals surface area (Å²) in [5.41, 5.74) is 2.68. The number of fused-ring (bicyclic) bond motifs is 1. The number of ketones is 1. The van der Waals surface area contributed by atoms with Crippen LogP contribution in [0.15, 0.2) is 31.0 Å². The zero-order valence-corrected chi connectivity index (χ0v) is 12.4. The standard InChI is InChI=1S/C16H17N5O/c1-10(11-2-3-13(22)6-11)21-8-12(7-20-21)15-14-4-5-17-16(14)19-9-18-15/h4-5,7-11H,2-3,6H2,1H3,(H,17,18,19)/t10?,11-/m1/s1. The Balaban J connectivity index is 1.66. The van der Waals surface area contributed by atoms with Gasteiger partial charge in [0, 0.05) is 36.2 Å². The lowest BCUT2D eigenvalue weighted by atomic mass is 10.00. The lowest BCUT2D eigenvalue weighted by molar-refractivity contribution is -0.117. The van der Waals surface area contributed by atoms with Crippen LogP contribution in [-0.2, 0) is 4.79 Å². The molecule has 3 aromatic heterocycles. The molecule has 0 bridgehead atoms. The van der Waals surface area contributed by atoms with E-state index in [2.05, 4.69) is 27.0 Å². The summed E-state index contributed by atoms with van der Waals surface area (Å²) >= 11 is 0. The molecule has 1 saturated carbocycles. The molecular formula is C16H17N5O. The highest BCUT2D eigenvalue weighted by molar-refractivity contribution is 5.90. The number of rotatable bonds is 3. The largest absolute Gasteiger partial charge is 0.346 e. The van der Waals surface area contributed by atoms with Crippen LogP contribution in [0.3, 0.4) is 0 Å². The van der Waals surface area contributed by atoms with E-state index in [4.69, 9.17) is 0 Å². The fraction of sp³-hybridized carbons (Fsp3) is 0.375. The molecule has 3 heterocycles. The summed E-state index contributed by atoms with van der Waals surface area (Å²) in [5.74, 6) is 0.756. The monoisotopic (exact) mass is 295 g/mol. The number of nitrogens with one attached hydrogen (secondary N) is 1. The maximum atomic E-state index is 11.5. The Morgan fingerprint density at radius 3 is 3.14 bits per heavy atom. The van der Waals surface area contributed by atoms with E-state index in [0.29, 0.717) is 24.5 Å². The van der Waals surface area contributed by atoms with Gasteiger partial charge in [0.1, 0.15) is 17.8 Å². The first-order valence-corrected chi connectivity index (χ1v) is 7.56. The minimum Gasteiger partial charge on any atom is -0.346 e. The molecule has 22 heavy (non-hydrogen) atoms. The van der Waals surface area contributed by atoms with Crippen molar-refractivity contribution in [3.8, 4) is 11.3 Å². The van der Waals surface area contributed by atoms with Gasteiger partial charge in [0.05, 0.1) is 17.9 Å². The summed E-state index contributed by atoms with van der Waals surface area (Å²) in [4.78, 5) is 23.2. The second kappa shape index (κ2) is 5.05. The van der Waals surface area contributed by atoms with E-state index < -0.39 is 0 Å². The Morgan fingerprint density at radius 2 is 2.32 bits per heavy atom. The van der Waals surface area contributed by atoms with Gasteiger partial charge in [-0.25, -0.2) is 9.97 Å². The number of H-pyrrole nitrogens is 1. The van der Waals surface area contributed by atoms with Crippen molar-refractivity contribution in [1.29, 1.82) is 0 Å². The predicted molar refractivity (Wildman–Crippen MR) is 82.2 cm³/mol. The van der Waals surface area contributed by atoms with Gasteiger partial charge in [-0.3, -0.25) is 9.48 Å². The van der Waals surface area contributed by atoms with Crippen molar-refractivity contribution in [2.45, 2.75) is 32.2 Å².